The van der Waals surface area contributed by atoms with Crippen LogP contribution in [0.2, 0.25) is 0 Å². The van der Waals surface area contributed by atoms with E-state index in [1.54, 1.807) is 18.3 Å². The molecule has 0 aliphatic carbocycles. The van der Waals surface area contributed by atoms with E-state index in [0.717, 1.165) is 10.6 Å². The molecule has 0 aliphatic rings. The molecule has 0 unspecified atom stereocenters. The van der Waals surface area contributed by atoms with Crippen LogP contribution in [0.1, 0.15) is 10.6 Å². The van der Waals surface area contributed by atoms with Crippen LogP contribution >= 0.6 is 11.3 Å². The van der Waals surface area contributed by atoms with Gasteiger partial charge in [0.05, 0.1) is 9.90 Å². The molecule has 0 aliphatic heterocycles. The van der Waals surface area contributed by atoms with Crippen molar-refractivity contribution in [1.29, 1.82) is 0 Å². The third-order valence-corrected chi connectivity index (χ3v) is 4.78. The van der Waals surface area contributed by atoms with E-state index in [-0.39, 0.29) is 4.90 Å². The van der Waals surface area contributed by atoms with Gasteiger partial charge in [0.25, 0.3) is 0 Å². The van der Waals surface area contributed by atoms with Crippen molar-refractivity contribution >= 4 is 27.0 Å². The monoisotopic (exact) mass is 297 g/mol. The summed E-state index contributed by atoms with van der Waals surface area (Å²) in [6.45, 7) is 2.13. The largest absolute Gasteiger partial charge is 0.399 e. The van der Waals surface area contributed by atoms with E-state index < -0.39 is 10.0 Å². The molecule has 1 aromatic heterocycles. The summed E-state index contributed by atoms with van der Waals surface area (Å²) in [6, 6.07) is 4.79. The van der Waals surface area contributed by atoms with Gasteiger partial charge in [-0.2, -0.15) is 0 Å². The van der Waals surface area contributed by atoms with Crippen LogP contribution in [0.4, 0.5) is 5.69 Å². The van der Waals surface area contributed by atoms with Crippen LogP contribution in [-0.2, 0) is 16.4 Å². The third-order valence-electron chi connectivity index (χ3n) is 2.50. The summed E-state index contributed by atoms with van der Waals surface area (Å²) in [5, 5.41) is 2.77. The standard InChI is InChI=1S/C12H15N3O2S2/c1-9-6-10(13)8-11(7-9)19(16,17)15-3-2-12-14-4-5-18-12/h4-8,15H,2-3,13H2,1H3. The number of anilines is 1. The van der Waals surface area contributed by atoms with Gasteiger partial charge in [-0.15, -0.1) is 11.3 Å². The van der Waals surface area contributed by atoms with Crippen LogP contribution in [-0.4, -0.2) is 19.9 Å². The number of benzene rings is 1. The van der Waals surface area contributed by atoms with Crippen molar-refractivity contribution in [2.24, 2.45) is 0 Å². The molecule has 0 saturated carbocycles. The van der Waals surface area contributed by atoms with Crippen LogP contribution in [0.25, 0.3) is 0 Å². The third kappa shape index (κ3) is 3.76. The predicted molar refractivity (Wildman–Crippen MR) is 76.6 cm³/mol. The molecule has 0 fully saturated rings. The van der Waals surface area contributed by atoms with Gasteiger partial charge in [-0.3, -0.25) is 0 Å². The number of sulfonamides is 1. The summed E-state index contributed by atoms with van der Waals surface area (Å²) in [6.07, 6.45) is 2.29. The summed E-state index contributed by atoms with van der Waals surface area (Å²) < 4.78 is 26.7. The number of nitrogens with two attached hydrogens (primary N) is 1. The number of hydrogen-bond acceptors (Lipinski definition) is 5. The molecule has 3 N–H and O–H groups in total. The molecule has 1 heterocycles. The highest BCUT2D eigenvalue weighted by Gasteiger charge is 2.14. The highest BCUT2D eigenvalue weighted by atomic mass is 32.2. The van der Waals surface area contributed by atoms with E-state index in [4.69, 9.17) is 5.73 Å². The van der Waals surface area contributed by atoms with Crippen molar-refractivity contribution in [2.75, 3.05) is 12.3 Å². The van der Waals surface area contributed by atoms with E-state index in [2.05, 4.69) is 9.71 Å². The van der Waals surface area contributed by atoms with Crippen molar-refractivity contribution in [1.82, 2.24) is 9.71 Å². The molecule has 0 saturated heterocycles. The maximum Gasteiger partial charge on any atom is 0.240 e. The molecule has 19 heavy (non-hydrogen) atoms. The topological polar surface area (TPSA) is 85.1 Å². The highest BCUT2D eigenvalue weighted by Crippen LogP contribution is 2.16. The Morgan fingerprint density at radius 1 is 1.37 bits per heavy atom. The second-order valence-electron chi connectivity index (χ2n) is 4.15. The molecular weight excluding hydrogens is 282 g/mol. The zero-order valence-electron chi connectivity index (χ0n) is 10.5. The number of rotatable bonds is 5. The smallest absolute Gasteiger partial charge is 0.240 e. The SMILES string of the molecule is Cc1cc(N)cc(S(=O)(=O)NCCc2nccs2)c1. The first-order valence-corrected chi connectivity index (χ1v) is 8.09. The zero-order valence-corrected chi connectivity index (χ0v) is 12.1. The number of nitrogen functional groups attached to an aromatic ring is 1. The Morgan fingerprint density at radius 3 is 2.79 bits per heavy atom. The molecule has 0 spiro atoms. The molecule has 7 heteroatoms. The van der Waals surface area contributed by atoms with Gasteiger partial charge < -0.3 is 5.73 Å². The minimum absolute atomic E-state index is 0.198. The van der Waals surface area contributed by atoms with Gasteiger partial charge in [-0.25, -0.2) is 18.1 Å². The van der Waals surface area contributed by atoms with Gasteiger partial charge in [-0.1, -0.05) is 0 Å². The molecule has 2 aromatic rings. The average Bonchev–Trinajstić information content (AvgIpc) is 2.80. The summed E-state index contributed by atoms with van der Waals surface area (Å²) >= 11 is 1.51. The number of aromatic nitrogens is 1. The van der Waals surface area contributed by atoms with Gasteiger partial charge in [0, 0.05) is 30.2 Å². The number of hydrogen-bond donors (Lipinski definition) is 2. The average molecular weight is 297 g/mol. The fourth-order valence-electron chi connectivity index (χ4n) is 1.68. The first kappa shape index (κ1) is 14.0. The van der Waals surface area contributed by atoms with Crippen LogP contribution in [0.15, 0.2) is 34.7 Å². The van der Waals surface area contributed by atoms with Crippen LogP contribution in [0, 0.1) is 6.92 Å². The van der Waals surface area contributed by atoms with Crippen molar-refractivity contribution in [2.45, 2.75) is 18.2 Å². The number of nitrogens with zero attached hydrogens (tertiary/aromatic N) is 1. The lowest BCUT2D eigenvalue weighted by Crippen LogP contribution is -2.26. The van der Waals surface area contributed by atoms with Gasteiger partial charge in [0.1, 0.15) is 0 Å². The Hall–Kier alpha value is -1.44. The Labute approximate surface area is 116 Å². The molecule has 2 rings (SSSR count). The predicted octanol–water partition coefficient (Wildman–Crippen LogP) is 1.55. The van der Waals surface area contributed by atoms with Crippen molar-refractivity contribution in [3.8, 4) is 0 Å². The van der Waals surface area contributed by atoms with Crippen molar-refractivity contribution in [3.05, 3.63) is 40.3 Å². The lowest BCUT2D eigenvalue weighted by Gasteiger charge is -2.07. The first-order valence-electron chi connectivity index (χ1n) is 5.72. The highest BCUT2D eigenvalue weighted by molar-refractivity contribution is 7.89. The van der Waals surface area contributed by atoms with Crippen LogP contribution in [0.5, 0.6) is 0 Å². The minimum atomic E-state index is -3.51. The van der Waals surface area contributed by atoms with Gasteiger partial charge in [0.15, 0.2) is 0 Å². The molecule has 0 atom stereocenters. The van der Waals surface area contributed by atoms with Crippen LogP contribution in [0.3, 0.4) is 0 Å². The van der Waals surface area contributed by atoms with Crippen molar-refractivity contribution < 1.29 is 8.42 Å². The maximum atomic E-state index is 12.1. The second-order valence-corrected chi connectivity index (χ2v) is 6.90. The molecule has 5 nitrogen and oxygen atoms in total. The normalized spacial score (nSPS) is 11.6. The van der Waals surface area contributed by atoms with E-state index in [1.165, 1.54) is 17.4 Å². The first-order chi connectivity index (χ1) is 8.97. The molecule has 1 aromatic carbocycles. The fourth-order valence-corrected chi connectivity index (χ4v) is 3.47. The Balaban J connectivity index is 2.05. The van der Waals surface area contributed by atoms with E-state index in [1.807, 2.05) is 12.3 Å². The fraction of sp³-hybridized carbons (Fsp3) is 0.250. The van der Waals surface area contributed by atoms with Crippen LogP contribution < -0.4 is 10.5 Å². The second kappa shape index (κ2) is 5.68. The summed E-state index contributed by atoms with van der Waals surface area (Å²) in [4.78, 5) is 4.30. The summed E-state index contributed by atoms with van der Waals surface area (Å²) in [5.41, 5.74) is 6.93. The zero-order chi connectivity index (χ0) is 13.9. The van der Waals surface area contributed by atoms with E-state index >= 15 is 0 Å². The summed E-state index contributed by atoms with van der Waals surface area (Å²) in [7, 11) is -3.51. The van der Waals surface area contributed by atoms with Gasteiger partial charge in [-0.05, 0) is 30.7 Å². The molecule has 102 valence electrons. The van der Waals surface area contributed by atoms with Gasteiger partial charge >= 0.3 is 0 Å². The number of nitrogens with one attached hydrogen (secondary N) is 1. The number of thiazole rings is 1. The lowest BCUT2D eigenvalue weighted by atomic mass is 10.2. The van der Waals surface area contributed by atoms with Crippen molar-refractivity contribution in [3.63, 3.8) is 0 Å². The summed E-state index contributed by atoms with van der Waals surface area (Å²) in [5.74, 6) is 0. The maximum absolute atomic E-state index is 12.1. The minimum Gasteiger partial charge on any atom is -0.399 e. The molecule has 0 radical (unpaired) electrons. The van der Waals surface area contributed by atoms with Gasteiger partial charge in [0.2, 0.25) is 10.0 Å². The molecule has 0 amide bonds. The Bertz CT molecular complexity index is 631. The van der Waals surface area contributed by atoms with E-state index in [9.17, 15) is 8.42 Å². The Kier molecular flexibility index (Phi) is 4.18. The molecule has 0 bridgehead atoms. The lowest BCUT2D eigenvalue weighted by molar-refractivity contribution is 0.581. The Morgan fingerprint density at radius 2 is 2.16 bits per heavy atom. The van der Waals surface area contributed by atoms with E-state index in [0.29, 0.717) is 18.7 Å². The number of aryl methyl sites for hydroxylation is 1. The molecular formula is C12H15N3O2S2. The quantitative estimate of drug-likeness (QED) is 0.820.